The van der Waals surface area contributed by atoms with Crippen molar-refractivity contribution in [3.05, 3.63) is 131 Å². The van der Waals surface area contributed by atoms with Crippen LogP contribution in [0.1, 0.15) is 43.4 Å². The van der Waals surface area contributed by atoms with E-state index < -0.39 is 9.84 Å². The number of nitrogens with zero attached hydrogens (tertiary/aromatic N) is 2. The van der Waals surface area contributed by atoms with Crippen molar-refractivity contribution in [3.8, 4) is 0 Å². The summed E-state index contributed by atoms with van der Waals surface area (Å²) in [6, 6.07) is 31.4. The summed E-state index contributed by atoms with van der Waals surface area (Å²) in [7, 11) is -3.90. The summed E-state index contributed by atoms with van der Waals surface area (Å²) in [5.74, 6) is -0.573. The third-order valence-corrected chi connectivity index (χ3v) is 9.23. The summed E-state index contributed by atoms with van der Waals surface area (Å²) in [4.78, 5) is 30.4. The van der Waals surface area contributed by atoms with Crippen LogP contribution in [0, 0.1) is 0 Å². The van der Waals surface area contributed by atoms with E-state index in [-0.39, 0.29) is 44.2 Å². The number of hydrogen-bond donors (Lipinski definition) is 0. The largest absolute Gasteiger partial charge is 0.336 e. The van der Waals surface area contributed by atoms with Crippen LogP contribution in [0.4, 0.5) is 0 Å². The van der Waals surface area contributed by atoms with Crippen LogP contribution in [0.5, 0.6) is 0 Å². The number of ketones is 1. The molecule has 2 heterocycles. The highest BCUT2D eigenvalue weighted by molar-refractivity contribution is 7.91. The molecule has 0 bridgehead atoms. The molecule has 38 heavy (non-hydrogen) atoms. The molecule has 6 nitrogen and oxygen atoms in total. The van der Waals surface area contributed by atoms with Crippen LogP contribution in [0.2, 0.25) is 0 Å². The molecule has 190 valence electrons. The van der Waals surface area contributed by atoms with Crippen molar-refractivity contribution in [1.82, 2.24) is 9.80 Å². The Balaban J connectivity index is 1.24. The van der Waals surface area contributed by atoms with Gasteiger partial charge in [0.1, 0.15) is 0 Å². The fraction of sp³-hybridized carbons (Fsp3) is 0.161. The molecule has 4 aromatic carbocycles. The predicted octanol–water partition coefficient (Wildman–Crippen LogP) is 4.61. The Kier molecular flexibility index (Phi) is 6.18. The first-order chi connectivity index (χ1) is 18.4. The highest BCUT2D eigenvalue weighted by Crippen LogP contribution is 2.35. The quantitative estimate of drug-likeness (QED) is 0.345. The third kappa shape index (κ3) is 4.14. The summed E-state index contributed by atoms with van der Waals surface area (Å²) in [5.41, 5.74) is 2.95. The summed E-state index contributed by atoms with van der Waals surface area (Å²) in [5, 5.41) is 0. The van der Waals surface area contributed by atoms with Crippen molar-refractivity contribution in [2.45, 2.75) is 15.8 Å². The number of sulfone groups is 1. The van der Waals surface area contributed by atoms with Crippen molar-refractivity contribution in [3.63, 3.8) is 0 Å². The number of rotatable bonds is 4. The van der Waals surface area contributed by atoms with E-state index in [0.29, 0.717) is 26.2 Å². The molecule has 0 N–H and O–H groups in total. The number of carbonyl (C=O) groups excluding carboxylic acids is 2. The number of hydrogen-bond acceptors (Lipinski definition) is 5. The van der Waals surface area contributed by atoms with E-state index >= 15 is 0 Å². The number of carbonyl (C=O) groups is 2. The average molecular weight is 523 g/mol. The monoisotopic (exact) mass is 522 g/mol. The maximum absolute atomic E-state index is 13.5. The number of fused-ring (bicyclic) bond motifs is 2. The van der Waals surface area contributed by atoms with Crippen molar-refractivity contribution >= 4 is 21.5 Å². The van der Waals surface area contributed by atoms with Gasteiger partial charge in [-0.05, 0) is 41.5 Å². The third-order valence-electron chi connectivity index (χ3n) is 7.38. The molecule has 6 rings (SSSR count). The van der Waals surface area contributed by atoms with E-state index in [1.807, 2.05) is 36.4 Å². The molecule has 7 heteroatoms. The lowest BCUT2D eigenvalue weighted by Gasteiger charge is -2.40. The van der Waals surface area contributed by atoms with E-state index in [2.05, 4.69) is 29.2 Å². The first kappa shape index (κ1) is 24.3. The van der Waals surface area contributed by atoms with E-state index in [0.717, 1.165) is 0 Å². The molecule has 2 aliphatic heterocycles. The van der Waals surface area contributed by atoms with Gasteiger partial charge >= 0.3 is 0 Å². The van der Waals surface area contributed by atoms with E-state index in [9.17, 15) is 18.0 Å². The van der Waals surface area contributed by atoms with Crippen LogP contribution in [0.25, 0.3) is 0 Å². The van der Waals surface area contributed by atoms with Gasteiger partial charge < -0.3 is 4.90 Å². The maximum Gasteiger partial charge on any atom is 0.253 e. The SMILES string of the molecule is O=C1c2ccccc2S(=O)(=O)c2cc(C(=O)N3CCN(C(c4ccccc4)c4ccccc4)CC3)ccc21. The van der Waals surface area contributed by atoms with Crippen LogP contribution >= 0.6 is 0 Å². The molecule has 2 aliphatic rings. The molecule has 1 amide bonds. The van der Waals surface area contributed by atoms with Crippen LogP contribution in [-0.4, -0.2) is 56.1 Å². The van der Waals surface area contributed by atoms with Crippen LogP contribution < -0.4 is 0 Å². The van der Waals surface area contributed by atoms with Gasteiger partial charge in [0.2, 0.25) is 9.84 Å². The van der Waals surface area contributed by atoms with Gasteiger partial charge in [0.05, 0.1) is 15.8 Å². The summed E-state index contributed by atoms with van der Waals surface area (Å²) < 4.78 is 26.6. The predicted molar refractivity (Wildman–Crippen MR) is 144 cm³/mol. The second-order valence-corrected chi connectivity index (χ2v) is 11.5. The van der Waals surface area contributed by atoms with Gasteiger partial charge in [-0.3, -0.25) is 14.5 Å². The first-order valence-electron chi connectivity index (χ1n) is 12.6. The number of piperazine rings is 1. The molecule has 4 aromatic rings. The Labute approximate surface area is 222 Å². The smallest absolute Gasteiger partial charge is 0.253 e. The van der Waals surface area contributed by atoms with E-state index in [1.54, 1.807) is 23.1 Å². The number of benzene rings is 4. The second kappa shape index (κ2) is 9.67. The van der Waals surface area contributed by atoms with Gasteiger partial charge in [0, 0.05) is 42.9 Å². The minimum Gasteiger partial charge on any atom is -0.336 e. The lowest BCUT2D eigenvalue weighted by Crippen LogP contribution is -2.49. The summed E-state index contributed by atoms with van der Waals surface area (Å²) in [6.45, 7) is 2.38. The second-order valence-electron chi connectivity index (χ2n) is 9.59. The topological polar surface area (TPSA) is 74.8 Å². The summed E-state index contributed by atoms with van der Waals surface area (Å²) in [6.07, 6.45) is 0. The minimum atomic E-state index is -3.90. The lowest BCUT2D eigenvalue weighted by atomic mass is 9.96. The Morgan fingerprint density at radius 3 is 1.84 bits per heavy atom. The fourth-order valence-corrected chi connectivity index (χ4v) is 7.15. The molecule has 1 saturated heterocycles. The Morgan fingerprint density at radius 1 is 0.658 bits per heavy atom. The van der Waals surface area contributed by atoms with Crippen molar-refractivity contribution in [2.24, 2.45) is 0 Å². The zero-order valence-electron chi connectivity index (χ0n) is 20.7. The highest BCUT2D eigenvalue weighted by Gasteiger charge is 2.36. The molecule has 0 aliphatic carbocycles. The van der Waals surface area contributed by atoms with Crippen molar-refractivity contribution in [1.29, 1.82) is 0 Å². The fourth-order valence-electron chi connectivity index (χ4n) is 5.47. The van der Waals surface area contributed by atoms with Gasteiger partial charge in [0.25, 0.3) is 5.91 Å². The Bertz CT molecular complexity index is 1590. The molecular formula is C31H26N2O4S. The molecule has 0 saturated carbocycles. The molecule has 0 radical (unpaired) electrons. The minimum absolute atomic E-state index is 0.0106. The molecular weight excluding hydrogens is 496 g/mol. The van der Waals surface area contributed by atoms with Crippen LogP contribution in [0.15, 0.2) is 113 Å². The van der Waals surface area contributed by atoms with Crippen LogP contribution in [0.3, 0.4) is 0 Å². The average Bonchev–Trinajstić information content (AvgIpc) is 2.97. The molecule has 0 unspecified atom stereocenters. The van der Waals surface area contributed by atoms with E-state index in [1.165, 1.54) is 35.4 Å². The maximum atomic E-state index is 13.5. The highest BCUT2D eigenvalue weighted by atomic mass is 32.2. The van der Waals surface area contributed by atoms with Gasteiger partial charge in [0.15, 0.2) is 5.78 Å². The molecule has 1 fully saturated rings. The van der Waals surface area contributed by atoms with Gasteiger partial charge in [-0.15, -0.1) is 0 Å². The summed E-state index contributed by atoms with van der Waals surface area (Å²) >= 11 is 0. The standard InChI is InChI=1S/C31H26N2O4S/c34-30-25-13-7-8-14-27(25)38(36,37)28-21-24(15-16-26(28)30)31(35)33-19-17-32(18-20-33)29(22-9-3-1-4-10-22)23-11-5-2-6-12-23/h1-16,21,29H,17-20H2. The van der Waals surface area contributed by atoms with Crippen LogP contribution in [-0.2, 0) is 9.84 Å². The lowest BCUT2D eigenvalue weighted by molar-refractivity contribution is 0.0597. The van der Waals surface area contributed by atoms with Gasteiger partial charge in [-0.1, -0.05) is 72.8 Å². The van der Waals surface area contributed by atoms with E-state index in [4.69, 9.17) is 0 Å². The zero-order valence-corrected chi connectivity index (χ0v) is 21.5. The molecule has 0 atom stereocenters. The number of amides is 1. The van der Waals surface area contributed by atoms with Crippen molar-refractivity contribution in [2.75, 3.05) is 26.2 Å². The van der Waals surface area contributed by atoms with Gasteiger partial charge in [-0.25, -0.2) is 8.42 Å². The van der Waals surface area contributed by atoms with Gasteiger partial charge in [-0.2, -0.15) is 0 Å². The molecule has 0 aromatic heterocycles. The van der Waals surface area contributed by atoms with Crippen molar-refractivity contribution < 1.29 is 18.0 Å². The Morgan fingerprint density at radius 2 is 1.21 bits per heavy atom. The zero-order chi connectivity index (χ0) is 26.3. The first-order valence-corrected chi connectivity index (χ1v) is 14.1. The normalized spacial score (nSPS) is 16.7. The molecule has 0 spiro atoms. The Hall–Kier alpha value is -4.07.